The molecular weight excluding hydrogens is 242 g/mol. The molecule has 0 saturated heterocycles. The largest absolute Gasteiger partial charge is 0.481 e. The van der Waals surface area contributed by atoms with Gasteiger partial charge in [0.2, 0.25) is 11.8 Å². The predicted molar refractivity (Wildman–Crippen MR) is 72.0 cm³/mol. The van der Waals surface area contributed by atoms with Crippen molar-refractivity contribution in [3.63, 3.8) is 0 Å². The van der Waals surface area contributed by atoms with Gasteiger partial charge in [-0.05, 0) is 30.2 Å². The van der Waals surface area contributed by atoms with Crippen LogP contribution in [0.15, 0.2) is 42.9 Å². The fraction of sp³-hybridized carbons (Fsp3) is 0.214. The minimum Gasteiger partial charge on any atom is -0.481 e. The molecule has 5 nitrogen and oxygen atoms in total. The van der Waals surface area contributed by atoms with Gasteiger partial charge in [0.1, 0.15) is 0 Å². The van der Waals surface area contributed by atoms with E-state index in [1.54, 1.807) is 37.8 Å². The Morgan fingerprint density at radius 3 is 2.68 bits per heavy atom. The molecule has 0 spiro atoms. The number of carbonyl (C=O) groups excluding carboxylic acids is 1. The van der Waals surface area contributed by atoms with Gasteiger partial charge in [0, 0.05) is 24.9 Å². The Morgan fingerprint density at radius 2 is 2.05 bits per heavy atom. The van der Waals surface area contributed by atoms with Gasteiger partial charge in [-0.1, -0.05) is 0 Å². The second-order valence-corrected chi connectivity index (χ2v) is 3.99. The van der Waals surface area contributed by atoms with Crippen LogP contribution in [-0.4, -0.2) is 23.0 Å². The van der Waals surface area contributed by atoms with Gasteiger partial charge in [-0.2, -0.15) is 0 Å². The molecule has 2 aromatic heterocycles. The highest BCUT2D eigenvalue weighted by molar-refractivity contribution is 5.90. The van der Waals surface area contributed by atoms with Crippen molar-refractivity contribution in [2.45, 2.75) is 12.8 Å². The molecular formula is C14H15N3O2. The van der Waals surface area contributed by atoms with E-state index in [-0.39, 0.29) is 5.91 Å². The summed E-state index contributed by atoms with van der Waals surface area (Å²) in [5.74, 6) is 0.485. The lowest BCUT2D eigenvalue weighted by Crippen LogP contribution is -2.12. The first-order valence-corrected chi connectivity index (χ1v) is 5.97. The van der Waals surface area contributed by atoms with Gasteiger partial charge in [-0.15, -0.1) is 0 Å². The van der Waals surface area contributed by atoms with E-state index >= 15 is 0 Å². The van der Waals surface area contributed by atoms with Gasteiger partial charge in [0.25, 0.3) is 0 Å². The number of pyridine rings is 2. The number of carbonyl (C=O) groups is 1. The van der Waals surface area contributed by atoms with Gasteiger partial charge >= 0.3 is 0 Å². The molecule has 2 rings (SSSR count). The van der Waals surface area contributed by atoms with Crippen molar-refractivity contribution in [3.05, 3.63) is 48.4 Å². The number of aromatic nitrogens is 2. The molecule has 0 fully saturated rings. The summed E-state index contributed by atoms with van der Waals surface area (Å²) in [5.41, 5.74) is 1.76. The summed E-state index contributed by atoms with van der Waals surface area (Å²) in [5, 5.41) is 2.79. The van der Waals surface area contributed by atoms with Crippen LogP contribution >= 0.6 is 0 Å². The van der Waals surface area contributed by atoms with Gasteiger partial charge in [0.15, 0.2) is 0 Å². The van der Waals surface area contributed by atoms with E-state index in [2.05, 4.69) is 15.3 Å². The number of nitrogens with zero attached hydrogens (tertiary/aromatic N) is 2. The second kappa shape index (κ2) is 6.49. The van der Waals surface area contributed by atoms with E-state index in [1.165, 1.54) is 0 Å². The van der Waals surface area contributed by atoms with Crippen molar-refractivity contribution in [2.75, 3.05) is 12.4 Å². The fourth-order valence-electron chi connectivity index (χ4n) is 1.61. The van der Waals surface area contributed by atoms with Crippen LogP contribution in [0.4, 0.5) is 5.69 Å². The number of ether oxygens (including phenoxy) is 1. The van der Waals surface area contributed by atoms with Crippen LogP contribution in [-0.2, 0) is 11.2 Å². The maximum absolute atomic E-state index is 11.8. The Kier molecular flexibility index (Phi) is 4.44. The fourth-order valence-corrected chi connectivity index (χ4v) is 1.61. The van der Waals surface area contributed by atoms with Gasteiger partial charge in [-0.25, -0.2) is 4.98 Å². The summed E-state index contributed by atoms with van der Waals surface area (Å²) >= 11 is 0. The van der Waals surface area contributed by atoms with Crippen molar-refractivity contribution >= 4 is 11.6 Å². The van der Waals surface area contributed by atoms with E-state index in [4.69, 9.17) is 4.74 Å². The summed E-state index contributed by atoms with van der Waals surface area (Å²) in [6, 6.07) is 7.28. The average molecular weight is 257 g/mol. The molecule has 0 aliphatic rings. The van der Waals surface area contributed by atoms with E-state index in [0.29, 0.717) is 24.4 Å². The standard InChI is InChI=1S/C14H15N3O2/c1-19-14-5-3-12(10-16-14)17-13(18)4-2-11-6-8-15-9-7-11/h3,5-10H,2,4H2,1H3,(H,17,18). The van der Waals surface area contributed by atoms with Crippen LogP contribution in [0.1, 0.15) is 12.0 Å². The van der Waals surface area contributed by atoms with Gasteiger partial charge < -0.3 is 10.1 Å². The van der Waals surface area contributed by atoms with Crippen LogP contribution in [0, 0.1) is 0 Å². The van der Waals surface area contributed by atoms with E-state index in [9.17, 15) is 4.79 Å². The first kappa shape index (κ1) is 13.0. The SMILES string of the molecule is COc1ccc(NC(=O)CCc2ccncc2)cn1. The molecule has 1 N–H and O–H groups in total. The lowest BCUT2D eigenvalue weighted by molar-refractivity contribution is -0.116. The number of hydrogen-bond donors (Lipinski definition) is 1. The molecule has 0 aliphatic heterocycles. The van der Waals surface area contributed by atoms with E-state index < -0.39 is 0 Å². The van der Waals surface area contributed by atoms with Crippen molar-refractivity contribution in [1.82, 2.24) is 9.97 Å². The summed E-state index contributed by atoms with van der Waals surface area (Å²) in [6.07, 6.45) is 6.14. The molecule has 0 bridgehead atoms. The van der Waals surface area contributed by atoms with Crippen LogP contribution in [0.5, 0.6) is 5.88 Å². The summed E-state index contributed by atoms with van der Waals surface area (Å²) in [4.78, 5) is 19.7. The zero-order valence-electron chi connectivity index (χ0n) is 10.7. The first-order valence-electron chi connectivity index (χ1n) is 5.97. The lowest BCUT2D eigenvalue weighted by atomic mass is 10.1. The molecule has 2 heterocycles. The van der Waals surface area contributed by atoms with E-state index in [1.807, 2.05) is 12.1 Å². The first-order chi connectivity index (χ1) is 9.28. The summed E-state index contributed by atoms with van der Waals surface area (Å²) in [7, 11) is 1.55. The van der Waals surface area contributed by atoms with Crippen LogP contribution in [0.3, 0.4) is 0 Å². The quantitative estimate of drug-likeness (QED) is 0.890. The monoisotopic (exact) mass is 257 g/mol. The van der Waals surface area contributed by atoms with Crippen molar-refractivity contribution in [3.8, 4) is 5.88 Å². The molecule has 0 aromatic carbocycles. The van der Waals surface area contributed by atoms with Crippen LogP contribution in [0.25, 0.3) is 0 Å². The highest BCUT2D eigenvalue weighted by atomic mass is 16.5. The molecule has 0 unspecified atom stereocenters. The predicted octanol–water partition coefficient (Wildman–Crippen LogP) is 2.06. The third-order valence-electron chi connectivity index (χ3n) is 2.62. The van der Waals surface area contributed by atoms with Crippen molar-refractivity contribution in [1.29, 1.82) is 0 Å². The number of anilines is 1. The van der Waals surface area contributed by atoms with Crippen molar-refractivity contribution in [2.24, 2.45) is 0 Å². The second-order valence-electron chi connectivity index (χ2n) is 3.99. The maximum Gasteiger partial charge on any atom is 0.224 e. The minimum atomic E-state index is -0.0382. The molecule has 1 amide bonds. The summed E-state index contributed by atoms with van der Waals surface area (Å²) in [6.45, 7) is 0. The Balaban J connectivity index is 1.83. The topological polar surface area (TPSA) is 64.1 Å². The molecule has 98 valence electrons. The van der Waals surface area contributed by atoms with Crippen molar-refractivity contribution < 1.29 is 9.53 Å². The Bertz CT molecular complexity index is 526. The molecule has 0 radical (unpaired) electrons. The third-order valence-corrected chi connectivity index (χ3v) is 2.62. The normalized spacial score (nSPS) is 9.95. The number of hydrogen-bond acceptors (Lipinski definition) is 4. The molecule has 0 atom stereocenters. The Morgan fingerprint density at radius 1 is 1.26 bits per heavy atom. The number of aryl methyl sites for hydroxylation is 1. The molecule has 0 aliphatic carbocycles. The third kappa shape index (κ3) is 4.06. The molecule has 5 heteroatoms. The highest BCUT2D eigenvalue weighted by Gasteiger charge is 2.03. The van der Waals surface area contributed by atoms with Gasteiger partial charge in [-0.3, -0.25) is 9.78 Å². The molecule has 0 saturated carbocycles. The van der Waals surface area contributed by atoms with Gasteiger partial charge in [0.05, 0.1) is 19.0 Å². The number of amides is 1. The molecule has 2 aromatic rings. The minimum absolute atomic E-state index is 0.0382. The highest BCUT2D eigenvalue weighted by Crippen LogP contribution is 2.11. The Labute approximate surface area is 111 Å². The Hall–Kier alpha value is -2.43. The van der Waals surface area contributed by atoms with Crippen LogP contribution in [0.2, 0.25) is 0 Å². The zero-order chi connectivity index (χ0) is 13.5. The van der Waals surface area contributed by atoms with E-state index in [0.717, 1.165) is 5.56 Å². The smallest absolute Gasteiger partial charge is 0.224 e. The van der Waals surface area contributed by atoms with Crippen LogP contribution < -0.4 is 10.1 Å². The molecule has 19 heavy (non-hydrogen) atoms. The maximum atomic E-state index is 11.8. The lowest BCUT2D eigenvalue weighted by Gasteiger charge is -2.05. The zero-order valence-corrected chi connectivity index (χ0v) is 10.7. The number of methoxy groups -OCH3 is 1. The number of rotatable bonds is 5. The number of nitrogens with one attached hydrogen (secondary N) is 1. The average Bonchev–Trinajstić information content (AvgIpc) is 2.47. The summed E-state index contributed by atoms with van der Waals surface area (Å²) < 4.78 is 4.95.